The molecule has 0 saturated carbocycles. The Balaban J connectivity index is 1.43. The zero-order valence-electron chi connectivity index (χ0n) is 20.5. The molecule has 1 unspecified atom stereocenters. The fraction of sp³-hybridized carbons (Fsp3) is 0.379. The first-order chi connectivity index (χ1) is 16.9. The number of benzene rings is 3. The molecular weight excluding hydrogens is 456 g/mol. The predicted molar refractivity (Wildman–Crippen MR) is 140 cm³/mol. The standard InChI is InChI=1S/C29H34N2O3S/c1-21-8-7-10-25(18-21)23-12-14-24(15-13-23)29-26-19-30(16-5-6-17-31(26)27(29)20-32)35(33,34)28-11-4-3-9-22(28)2/h3-4,7-15,18,26-27,29,32H,5-6,16-17,19-20H2,1-2H3/t26-,27?,29-/m0/s1. The molecule has 5 rings (SSSR count). The van der Waals surface area contributed by atoms with Crippen molar-refractivity contribution in [3.05, 3.63) is 89.5 Å². The molecule has 1 N–H and O–H groups in total. The van der Waals surface area contributed by atoms with E-state index in [1.165, 1.54) is 11.1 Å². The van der Waals surface area contributed by atoms with Gasteiger partial charge < -0.3 is 5.11 Å². The quantitative estimate of drug-likeness (QED) is 0.569. The van der Waals surface area contributed by atoms with E-state index in [1.54, 1.807) is 16.4 Å². The minimum Gasteiger partial charge on any atom is -0.395 e. The fourth-order valence-electron chi connectivity index (χ4n) is 5.83. The van der Waals surface area contributed by atoms with Gasteiger partial charge in [-0.25, -0.2) is 8.42 Å². The summed E-state index contributed by atoms with van der Waals surface area (Å²) < 4.78 is 28.9. The maximum absolute atomic E-state index is 13.6. The van der Waals surface area contributed by atoms with Gasteiger partial charge in [0.1, 0.15) is 0 Å². The van der Waals surface area contributed by atoms with Crippen LogP contribution >= 0.6 is 0 Å². The highest BCUT2D eigenvalue weighted by Crippen LogP contribution is 2.43. The van der Waals surface area contributed by atoms with Crippen LogP contribution in [-0.4, -0.2) is 61.1 Å². The summed E-state index contributed by atoms with van der Waals surface area (Å²) in [5.74, 6) is 0.0965. The zero-order chi connectivity index (χ0) is 24.6. The van der Waals surface area contributed by atoms with Crippen molar-refractivity contribution in [3.63, 3.8) is 0 Å². The summed E-state index contributed by atoms with van der Waals surface area (Å²) in [6.07, 6.45) is 1.74. The topological polar surface area (TPSA) is 60.9 Å². The number of hydrogen-bond acceptors (Lipinski definition) is 4. The van der Waals surface area contributed by atoms with Crippen LogP contribution < -0.4 is 0 Å². The van der Waals surface area contributed by atoms with Gasteiger partial charge in [-0.1, -0.05) is 72.3 Å². The highest BCUT2D eigenvalue weighted by molar-refractivity contribution is 7.89. The molecule has 3 atom stereocenters. The van der Waals surface area contributed by atoms with Crippen molar-refractivity contribution in [1.29, 1.82) is 0 Å². The Morgan fingerprint density at radius 2 is 1.63 bits per heavy atom. The Labute approximate surface area is 209 Å². The lowest BCUT2D eigenvalue weighted by atomic mass is 9.74. The highest BCUT2D eigenvalue weighted by atomic mass is 32.2. The molecule has 3 aromatic rings. The molecule has 5 nitrogen and oxygen atoms in total. The summed E-state index contributed by atoms with van der Waals surface area (Å²) in [7, 11) is -3.59. The van der Waals surface area contributed by atoms with Gasteiger partial charge in [-0.2, -0.15) is 4.31 Å². The van der Waals surface area contributed by atoms with Crippen molar-refractivity contribution in [2.24, 2.45) is 0 Å². The number of fused-ring (bicyclic) bond motifs is 1. The van der Waals surface area contributed by atoms with Crippen LogP contribution in [0.2, 0.25) is 0 Å². The number of nitrogens with zero attached hydrogens (tertiary/aromatic N) is 2. The number of sulfonamides is 1. The summed E-state index contributed by atoms with van der Waals surface area (Å²) in [5, 5.41) is 10.2. The van der Waals surface area contributed by atoms with Crippen molar-refractivity contribution >= 4 is 10.0 Å². The van der Waals surface area contributed by atoms with E-state index in [0.29, 0.717) is 18.0 Å². The van der Waals surface area contributed by atoms with E-state index in [2.05, 4.69) is 60.4 Å². The average molecular weight is 491 g/mol. The van der Waals surface area contributed by atoms with Crippen molar-refractivity contribution in [2.75, 3.05) is 26.2 Å². The molecule has 0 radical (unpaired) electrons. The second-order valence-corrected chi connectivity index (χ2v) is 11.8. The van der Waals surface area contributed by atoms with E-state index in [4.69, 9.17) is 0 Å². The third-order valence-corrected chi connectivity index (χ3v) is 9.72. The minimum absolute atomic E-state index is 0.0194. The highest BCUT2D eigenvalue weighted by Gasteiger charge is 2.50. The molecule has 35 heavy (non-hydrogen) atoms. The predicted octanol–water partition coefficient (Wildman–Crippen LogP) is 4.58. The van der Waals surface area contributed by atoms with E-state index >= 15 is 0 Å². The minimum atomic E-state index is -3.59. The molecule has 0 spiro atoms. The van der Waals surface area contributed by atoms with E-state index < -0.39 is 10.0 Å². The van der Waals surface area contributed by atoms with E-state index in [-0.39, 0.29) is 24.6 Å². The maximum atomic E-state index is 13.6. The van der Waals surface area contributed by atoms with Crippen molar-refractivity contribution < 1.29 is 13.5 Å². The number of aliphatic hydroxyl groups excluding tert-OH is 1. The molecule has 0 aliphatic carbocycles. The Bertz CT molecular complexity index is 1290. The molecule has 3 aromatic carbocycles. The average Bonchev–Trinajstić information content (AvgIpc) is 2.83. The van der Waals surface area contributed by atoms with Gasteiger partial charge in [0.15, 0.2) is 0 Å². The lowest BCUT2D eigenvalue weighted by Gasteiger charge is -2.57. The summed E-state index contributed by atoms with van der Waals surface area (Å²) in [6.45, 7) is 5.89. The lowest BCUT2D eigenvalue weighted by molar-refractivity contribution is -0.0553. The normalized spacial score (nSPS) is 23.7. The molecular formula is C29H34N2O3S. The Morgan fingerprint density at radius 3 is 2.34 bits per heavy atom. The van der Waals surface area contributed by atoms with Gasteiger partial charge in [0.05, 0.1) is 11.5 Å². The summed E-state index contributed by atoms with van der Waals surface area (Å²) in [4.78, 5) is 2.71. The van der Waals surface area contributed by atoms with Crippen LogP contribution in [0.25, 0.3) is 11.1 Å². The summed E-state index contributed by atoms with van der Waals surface area (Å²) >= 11 is 0. The van der Waals surface area contributed by atoms with Gasteiger partial charge >= 0.3 is 0 Å². The molecule has 0 bridgehead atoms. The van der Waals surface area contributed by atoms with Crippen molar-refractivity contribution in [3.8, 4) is 11.1 Å². The second-order valence-electron chi connectivity index (χ2n) is 9.91. The smallest absolute Gasteiger partial charge is 0.243 e. The molecule has 2 heterocycles. The van der Waals surface area contributed by atoms with Gasteiger partial charge in [0.2, 0.25) is 10.0 Å². The molecule has 2 aliphatic rings. The summed E-state index contributed by atoms with van der Waals surface area (Å²) in [6, 6.07) is 24.4. The molecule has 0 amide bonds. The number of aryl methyl sites for hydroxylation is 2. The van der Waals surface area contributed by atoms with Crippen LogP contribution in [-0.2, 0) is 10.0 Å². The molecule has 2 fully saturated rings. The van der Waals surface area contributed by atoms with Gasteiger partial charge in [-0.05, 0) is 61.6 Å². The van der Waals surface area contributed by atoms with Crippen LogP contribution in [0.3, 0.4) is 0 Å². The number of hydrogen-bond donors (Lipinski definition) is 1. The first kappa shape index (κ1) is 24.2. The number of rotatable bonds is 5. The van der Waals surface area contributed by atoms with Crippen LogP contribution in [0.15, 0.2) is 77.7 Å². The first-order valence-electron chi connectivity index (χ1n) is 12.5. The van der Waals surface area contributed by atoms with Gasteiger partial charge in [0.25, 0.3) is 0 Å². The Kier molecular flexibility index (Phi) is 6.82. The van der Waals surface area contributed by atoms with Gasteiger partial charge in [0, 0.05) is 31.1 Å². The molecule has 2 aliphatic heterocycles. The first-order valence-corrected chi connectivity index (χ1v) is 13.9. The zero-order valence-corrected chi connectivity index (χ0v) is 21.3. The van der Waals surface area contributed by atoms with Crippen molar-refractivity contribution in [1.82, 2.24) is 9.21 Å². The van der Waals surface area contributed by atoms with Gasteiger partial charge in [-0.3, -0.25) is 4.90 Å². The van der Waals surface area contributed by atoms with E-state index in [0.717, 1.165) is 36.1 Å². The second kappa shape index (κ2) is 9.86. The third kappa shape index (κ3) is 4.56. The third-order valence-electron chi connectivity index (χ3n) is 7.69. The van der Waals surface area contributed by atoms with Crippen LogP contribution in [0.1, 0.15) is 35.4 Å². The molecule has 184 valence electrons. The monoisotopic (exact) mass is 490 g/mol. The largest absolute Gasteiger partial charge is 0.395 e. The molecule has 0 aromatic heterocycles. The maximum Gasteiger partial charge on any atom is 0.243 e. The fourth-order valence-corrected chi connectivity index (χ4v) is 7.56. The SMILES string of the molecule is Cc1cccc(-c2ccc([C@@H]3C(CO)N4CCCCN(S(=O)(=O)c5ccccc5C)C[C@@H]34)cc2)c1. The van der Waals surface area contributed by atoms with E-state index in [9.17, 15) is 13.5 Å². The summed E-state index contributed by atoms with van der Waals surface area (Å²) in [5.41, 5.74) is 5.51. The van der Waals surface area contributed by atoms with Crippen LogP contribution in [0.5, 0.6) is 0 Å². The molecule has 2 saturated heterocycles. The lowest BCUT2D eigenvalue weighted by Crippen LogP contribution is -2.67. The van der Waals surface area contributed by atoms with E-state index in [1.807, 2.05) is 19.1 Å². The van der Waals surface area contributed by atoms with Gasteiger partial charge in [-0.15, -0.1) is 0 Å². The van der Waals surface area contributed by atoms with Crippen LogP contribution in [0.4, 0.5) is 0 Å². The Hall–Kier alpha value is -2.51. The number of aliphatic hydroxyl groups is 1. The molecule has 6 heteroatoms. The Morgan fingerprint density at radius 1 is 0.886 bits per heavy atom. The van der Waals surface area contributed by atoms with Crippen molar-refractivity contribution in [2.45, 2.75) is 49.6 Å². The van der Waals surface area contributed by atoms with Crippen LogP contribution in [0, 0.1) is 13.8 Å².